The van der Waals surface area contributed by atoms with Crippen molar-refractivity contribution in [1.82, 2.24) is 4.31 Å². The molecule has 0 aromatic carbocycles. The Bertz CT molecular complexity index is 434. The normalized spacial score (nSPS) is 24.3. The van der Waals surface area contributed by atoms with Gasteiger partial charge in [0.05, 0.1) is 17.7 Å². The summed E-state index contributed by atoms with van der Waals surface area (Å²) in [4.78, 5) is 21.9. The fraction of sp³-hybridized carbons (Fsp3) is 0.800. The van der Waals surface area contributed by atoms with Crippen LogP contribution in [0, 0.1) is 5.92 Å². The fourth-order valence-corrected chi connectivity index (χ4v) is 4.49. The number of rotatable bonds is 6. The molecule has 0 aliphatic heterocycles. The lowest BCUT2D eigenvalue weighted by molar-refractivity contribution is -0.141. The van der Waals surface area contributed by atoms with E-state index in [-0.39, 0.29) is 6.54 Å². The number of nitrogens with zero attached hydrogens (tertiary/aromatic N) is 1. The van der Waals surface area contributed by atoms with Gasteiger partial charge in [0.2, 0.25) is 15.9 Å². The summed E-state index contributed by atoms with van der Waals surface area (Å²) < 4.78 is 25.5. The van der Waals surface area contributed by atoms with Crippen LogP contribution in [0.1, 0.15) is 26.2 Å². The first-order chi connectivity index (χ1) is 8.30. The van der Waals surface area contributed by atoms with Gasteiger partial charge in [-0.3, -0.25) is 9.59 Å². The van der Waals surface area contributed by atoms with Gasteiger partial charge in [-0.15, -0.1) is 0 Å². The zero-order chi connectivity index (χ0) is 13.9. The Morgan fingerprint density at radius 3 is 2.44 bits per heavy atom. The molecule has 18 heavy (non-hydrogen) atoms. The number of carbonyl (C=O) groups is 2. The van der Waals surface area contributed by atoms with Gasteiger partial charge in [0.1, 0.15) is 0 Å². The van der Waals surface area contributed by atoms with Gasteiger partial charge in [0.15, 0.2) is 0 Å². The third kappa shape index (κ3) is 2.99. The monoisotopic (exact) mass is 278 g/mol. The highest BCUT2D eigenvalue weighted by Crippen LogP contribution is 2.33. The minimum absolute atomic E-state index is 0.105. The van der Waals surface area contributed by atoms with Gasteiger partial charge in [-0.1, -0.05) is 13.3 Å². The van der Waals surface area contributed by atoms with Crippen LogP contribution in [0.3, 0.4) is 0 Å². The number of likely N-dealkylation sites (N-methyl/N-ethyl adjacent to an activating group) is 1. The lowest BCUT2D eigenvalue weighted by Gasteiger charge is -2.25. The number of nitrogens with two attached hydrogens (primary N) is 1. The Balaban J connectivity index is 2.97. The molecule has 0 heterocycles. The lowest BCUT2D eigenvalue weighted by atomic mass is 10.1. The van der Waals surface area contributed by atoms with Crippen molar-refractivity contribution >= 4 is 21.9 Å². The summed E-state index contributed by atoms with van der Waals surface area (Å²) >= 11 is 0. The summed E-state index contributed by atoms with van der Waals surface area (Å²) in [5.41, 5.74) is 5.00. The Labute approximate surface area is 106 Å². The van der Waals surface area contributed by atoms with Gasteiger partial charge in [0.25, 0.3) is 0 Å². The molecule has 1 saturated carbocycles. The first-order valence-electron chi connectivity index (χ1n) is 5.80. The smallest absolute Gasteiger partial charge is 0.307 e. The molecular formula is C10H18N2O5S. The van der Waals surface area contributed by atoms with Crippen LogP contribution in [0.2, 0.25) is 0 Å². The summed E-state index contributed by atoms with van der Waals surface area (Å²) in [5.74, 6) is -2.74. The summed E-state index contributed by atoms with van der Waals surface area (Å²) in [7, 11) is -3.79. The van der Waals surface area contributed by atoms with Crippen LogP contribution >= 0.6 is 0 Å². The van der Waals surface area contributed by atoms with Gasteiger partial charge in [-0.05, 0) is 12.8 Å². The maximum Gasteiger partial charge on any atom is 0.307 e. The minimum atomic E-state index is -3.79. The number of sulfonamides is 1. The van der Waals surface area contributed by atoms with E-state index in [4.69, 9.17) is 10.8 Å². The number of carbonyl (C=O) groups excluding carboxylic acids is 1. The Kier molecular flexibility index (Phi) is 4.69. The number of carboxylic acid groups (broad SMARTS) is 1. The third-order valence-electron chi connectivity index (χ3n) is 3.20. The molecule has 1 amide bonds. The van der Waals surface area contributed by atoms with Crippen molar-refractivity contribution in [3.05, 3.63) is 0 Å². The van der Waals surface area contributed by atoms with E-state index in [9.17, 15) is 18.0 Å². The molecule has 1 rings (SSSR count). The molecule has 0 bridgehead atoms. The number of hydrogen-bond acceptors (Lipinski definition) is 4. The number of aliphatic carboxylic acids is 1. The summed E-state index contributed by atoms with van der Waals surface area (Å²) in [6.45, 7) is 1.29. The third-order valence-corrected chi connectivity index (χ3v) is 5.63. The predicted molar refractivity (Wildman–Crippen MR) is 64.1 cm³/mol. The number of primary amides is 1. The van der Waals surface area contributed by atoms with E-state index < -0.39 is 39.6 Å². The number of amides is 1. The average molecular weight is 278 g/mol. The molecule has 0 aromatic heterocycles. The van der Waals surface area contributed by atoms with E-state index >= 15 is 0 Å². The van der Waals surface area contributed by atoms with E-state index in [1.54, 1.807) is 6.92 Å². The predicted octanol–water partition coefficient (Wildman–Crippen LogP) is -0.623. The standard InChI is InChI=1S/C10H18N2O5S/c1-2-12(6-9(11)13)18(16,17)8-5-3-4-7(8)10(14)15/h7-8H,2-6H2,1H3,(H2,11,13)(H,14,15). The van der Waals surface area contributed by atoms with E-state index in [0.29, 0.717) is 19.3 Å². The Morgan fingerprint density at radius 1 is 1.39 bits per heavy atom. The largest absolute Gasteiger partial charge is 0.481 e. The second kappa shape index (κ2) is 5.66. The quantitative estimate of drug-likeness (QED) is 0.671. The SMILES string of the molecule is CCN(CC(N)=O)S(=O)(=O)C1CCCC1C(=O)O. The Morgan fingerprint density at radius 2 is 2.00 bits per heavy atom. The topological polar surface area (TPSA) is 118 Å². The van der Waals surface area contributed by atoms with Crippen molar-refractivity contribution in [3.63, 3.8) is 0 Å². The maximum atomic E-state index is 12.3. The summed E-state index contributed by atoms with van der Waals surface area (Å²) in [6.07, 6.45) is 1.23. The van der Waals surface area contributed by atoms with Crippen LogP contribution in [0.15, 0.2) is 0 Å². The van der Waals surface area contributed by atoms with E-state index in [2.05, 4.69) is 0 Å². The second-order valence-corrected chi connectivity index (χ2v) is 6.50. The number of carboxylic acids is 1. The second-order valence-electron chi connectivity index (χ2n) is 4.35. The van der Waals surface area contributed by atoms with Crippen molar-refractivity contribution < 1.29 is 23.1 Å². The minimum Gasteiger partial charge on any atom is -0.481 e. The molecule has 2 unspecified atom stereocenters. The van der Waals surface area contributed by atoms with Crippen LogP contribution < -0.4 is 5.73 Å². The van der Waals surface area contributed by atoms with Crippen LogP contribution in [-0.4, -0.2) is 48.0 Å². The van der Waals surface area contributed by atoms with Crippen molar-refractivity contribution in [3.8, 4) is 0 Å². The molecule has 8 heteroatoms. The van der Waals surface area contributed by atoms with Crippen molar-refractivity contribution in [2.24, 2.45) is 11.7 Å². The van der Waals surface area contributed by atoms with Crippen LogP contribution in [0.4, 0.5) is 0 Å². The van der Waals surface area contributed by atoms with Crippen LogP contribution in [0.25, 0.3) is 0 Å². The Hall–Kier alpha value is -1.15. The molecule has 0 saturated heterocycles. The molecule has 2 atom stereocenters. The van der Waals surface area contributed by atoms with Crippen molar-refractivity contribution in [2.45, 2.75) is 31.4 Å². The number of hydrogen-bond donors (Lipinski definition) is 2. The van der Waals surface area contributed by atoms with Crippen LogP contribution in [0.5, 0.6) is 0 Å². The van der Waals surface area contributed by atoms with Gasteiger partial charge in [-0.2, -0.15) is 4.31 Å². The first kappa shape index (κ1) is 14.9. The highest BCUT2D eigenvalue weighted by molar-refractivity contribution is 7.89. The molecule has 0 aromatic rings. The zero-order valence-electron chi connectivity index (χ0n) is 10.2. The summed E-state index contributed by atoms with van der Waals surface area (Å²) in [6, 6.07) is 0. The van der Waals surface area contributed by atoms with E-state index in [1.807, 2.05) is 0 Å². The van der Waals surface area contributed by atoms with E-state index in [1.165, 1.54) is 0 Å². The van der Waals surface area contributed by atoms with E-state index in [0.717, 1.165) is 4.31 Å². The molecule has 1 aliphatic carbocycles. The maximum absolute atomic E-state index is 12.3. The molecule has 7 nitrogen and oxygen atoms in total. The molecule has 1 aliphatic rings. The van der Waals surface area contributed by atoms with Gasteiger partial charge >= 0.3 is 5.97 Å². The molecule has 1 fully saturated rings. The zero-order valence-corrected chi connectivity index (χ0v) is 11.0. The van der Waals surface area contributed by atoms with Crippen LogP contribution in [-0.2, 0) is 19.6 Å². The van der Waals surface area contributed by atoms with Gasteiger partial charge < -0.3 is 10.8 Å². The first-order valence-corrected chi connectivity index (χ1v) is 7.31. The molecule has 0 spiro atoms. The van der Waals surface area contributed by atoms with Crippen molar-refractivity contribution in [2.75, 3.05) is 13.1 Å². The molecule has 104 valence electrons. The van der Waals surface area contributed by atoms with Crippen molar-refractivity contribution in [1.29, 1.82) is 0 Å². The lowest BCUT2D eigenvalue weighted by Crippen LogP contribution is -2.45. The van der Waals surface area contributed by atoms with Gasteiger partial charge in [0, 0.05) is 6.54 Å². The molecule has 3 N–H and O–H groups in total. The fourth-order valence-electron chi connectivity index (χ4n) is 2.31. The molecule has 0 radical (unpaired) electrons. The molecular weight excluding hydrogens is 260 g/mol. The highest BCUT2D eigenvalue weighted by atomic mass is 32.2. The van der Waals surface area contributed by atoms with Gasteiger partial charge in [-0.25, -0.2) is 8.42 Å². The highest BCUT2D eigenvalue weighted by Gasteiger charge is 2.44. The average Bonchev–Trinajstić information content (AvgIpc) is 2.74. The summed E-state index contributed by atoms with van der Waals surface area (Å²) in [5, 5.41) is 8.06.